The predicted octanol–water partition coefficient (Wildman–Crippen LogP) is 2.81. The molecule has 0 aliphatic rings. The summed E-state index contributed by atoms with van der Waals surface area (Å²) in [5.74, 6) is 0.409. The maximum Gasteiger partial charge on any atom is 0.180 e. The molecule has 0 unspecified atom stereocenters. The summed E-state index contributed by atoms with van der Waals surface area (Å²) in [5, 5.41) is 2.72. The monoisotopic (exact) mass is 282 g/mol. The molecule has 0 spiro atoms. The van der Waals surface area contributed by atoms with Crippen molar-refractivity contribution in [3.8, 4) is 5.75 Å². The van der Waals surface area contributed by atoms with Gasteiger partial charge in [0.1, 0.15) is 5.75 Å². The number of nitrogen functional groups attached to an aromatic ring is 1. The molecular formula is C12H11ClN2O2S. The maximum atomic E-state index is 12.1. The second-order valence-corrected chi connectivity index (χ2v) is 4.95. The maximum absolute atomic E-state index is 12.1. The van der Waals surface area contributed by atoms with Crippen LogP contribution in [0, 0.1) is 0 Å². The Labute approximate surface area is 113 Å². The van der Waals surface area contributed by atoms with Gasteiger partial charge in [-0.15, -0.1) is 11.3 Å². The van der Waals surface area contributed by atoms with Crippen LogP contribution < -0.4 is 10.5 Å². The first-order chi connectivity index (χ1) is 8.60. The van der Waals surface area contributed by atoms with Crippen molar-refractivity contribution in [3.63, 3.8) is 0 Å². The molecular weight excluding hydrogens is 272 g/mol. The van der Waals surface area contributed by atoms with Crippen LogP contribution in [-0.4, -0.2) is 17.9 Å². The van der Waals surface area contributed by atoms with Gasteiger partial charge in [0.15, 0.2) is 10.9 Å². The number of nitrogens with zero attached hydrogens (tertiary/aromatic N) is 1. The van der Waals surface area contributed by atoms with Crippen molar-refractivity contribution in [2.24, 2.45) is 0 Å². The van der Waals surface area contributed by atoms with Gasteiger partial charge in [0.05, 0.1) is 24.8 Å². The highest BCUT2D eigenvalue weighted by atomic mass is 35.5. The molecule has 0 amide bonds. The van der Waals surface area contributed by atoms with Crippen LogP contribution in [0.3, 0.4) is 0 Å². The van der Waals surface area contributed by atoms with Crippen molar-refractivity contribution in [1.29, 1.82) is 0 Å². The normalized spacial score (nSPS) is 10.3. The highest BCUT2D eigenvalue weighted by Crippen LogP contribution is 2.24. The molecule has 1 aromatic carbocycles. The molecule has 2 N–H and O–H groups in total. The van der Waals surface area contributed by atoms with E-state index in [0.29, 0.717) is 27.2 Å². The van der Waals surface area contributed by atoms with Crippen LogP contribution in [0.25, 0.3) is 0 Å². The molecule has 4 nitrogen and oxygen atoms in total. The van der Waals surface area contributed by atoms with Gasteiger partial charge >= 0.3 is 0 Å². The first-order valence-corrected chi connectivity index (χ1v) is 6.42. The van der Waals surface area contributed by atoms with Gasteiger partial charge < -0.3 is 10.5 Å². The predicted molar refractivity (Wildman–Crippen MR) is 72.6 cm³/mol. The highest BCUT2D eigenvalue weighted by molar-refractivity contribution is 7.13. The molecule has 94 valence electrons. The molecule has 0 fully saturated rings. The molecule has 0 aliphatic carbocycles. The largest absolute Gasteiger partial charge is 0.496 e. The first kappa shape index (κ1) is 12.9. The number of anilines is 1. The van der Waals surface area contributed by atoms with E-state index >= 15 is 0 Å². The van der Waals surface area contributed by atoms with E-state index in [4.69, 9.17) is 22.1 Å². The molecule has 18 heavy (non-hydrogen) atoms. The van der Waals surface area contributed by atoms with Crippen LogP contribution in [-0.2, 0) is 6.42 Å². The lowest BCUT2D eigenvalue weighted by Crippen LogP contribution is -2.06. The van der Waals surface area contributed by atoms with Crippen LogP contribution in [0.5, 0.6) is 5.75 Å². The average molecular weight is 283 g/mol. The Bertz CT molecular complexity index is 583. The van der Waals surface area contributed by atoms with E-state index in [1.807, 2.05) is 0 Å². The molecule has 0 radical (unpaired) electrons. The Balaban J connectivity index is 2.25. The molecule has 0 atom stereocenters. The number of ketones is 1. The number of benzene rings is 1. The van der Waals surface area contributed by atoms with E-state index in [1.54, 1.807) is 23.6 Å². The van der Waals surface area contributed by atoms with E-state index in [9.17, 15) is 4.79 Å². The van der Waals surface area contributed by atoms with E-state index < -0.39 is 0 Å². The van der Waals surface area contributed by atoms with Crippen molar-refractivity contribution >= 4 is 33.9 Å². The van der Waals surface area contributed by atoms with E-state index in [1.165, 1.54) is 18.4 Å². The van der Waals surface area contributed by atoms with Crippen molar-refractivity contribution < 1.29 is 9.53 Å². The third-order valence-corrected chi connectivity index (χ3v) is 3.33. The zero-order chi connectivity index (χ0) is 13.1. The number of methoxy groups -OCH3 is 1. The number of aromatic nitrogens is 1. The Kier molecular flexibility index (Phi) is 3.84. The lowest BCUT2D eigenvalue weighted by molar-refractivity contribution is 0.0989. The molecule has 0 saturated heterocycles. The quantitative estimate of drug-likeness (QED) is 0.876. The number of halogens is 1. The smallest absolute Gasteiger partial charge is 0.180 e. The Morgan fingerprint density at radius 1 is 1.56 bits per heavy atom. The van der Waals surface area contributed by atoms with Gasteiger partial charge in [-0.25, -0.2) is 4.98 Å². The minimum Gasteiger partial charge on any atom is -0.496 e. The third-order valence-electron chi connectivity index (χ3n) is 2.37. The third kappa shape index (κ3) is 2.80. The molecule has 0 aliphatic heterocycles. The SMILES string of the molecule is COc1ccc(Cl)cc1C(=O)Cc1csc(N)n1. The lowest BCUT2D eigenvalue weighted by Gasteiger charge is -2.07. The standard InChI is InChI=1S/C12H11ClN2O2S/c1-17-11-3-2-7(13)4-9(11)10(16)5-8-6-18-12(14)15-8/h2-4,6H,5H2,1H3,(H2,14,15). The van der Waals surface area contributed by atoms with Crippen LogP contribution in [0.15, 0.2) is 23.6 Å². The highest BCUT2D eigenvalue weighted by Gasteiger charge is 2.14. The number of Topliss-reactive ketones (excluding diaryl/α,β-unsaturated/α-hetero) is 1. The van der Waals surface area contributed by atoms with Gasteiger partial charge in [-0.05, 0) is 18.2 Å². The zero-order valence-corrected chi connectivity index (χ0v) is 11.2. The Hall–Kier alpha value is -1.59. The van der Waals surface area contributed by atoms with Gasteiger partial charge in [0.2, 0.25) is 0 Å². The molecule has 2 rings (SSSR count). The topological polar surface area (TPSA) is 65.2 Å². The fraction of sp³-hybridized carbons (Fsp3) is 0.167. The van der Waals surface area contributed by atoms with Gasteiger partial charge in [-0.1, -0.05) is 11.6 Å². The fourth-order valence-corrected chi connectivity index (χ4v) is 2.30. The second-order valence-electron chi connectivity index (χ2n) is 3.62. The van der Waals surface area contributed by atoms with E-state index in [0.717, 1.165) is 0 Å². The number of hydrogen-bond donors (Lipinski definition) is 1. The first-order valence-electron chi connectivity index (χ1n) is 5.17. The molecule has 2 aromatic rings. The fourth-order valence-electron chi connectivity index (χ4n) is 1.56. The Morgan fingerprint density at radius 2 is 2.33 bits per heavy atom. The minimum absolute atomic E-state index is 0.0975. The van der Waals surface area contributed by atoms with E-state index in [2.05, 4.69) is 4.98 Å². The number of ether oxygens (including phenoxy) is 1. The number of hydrogen-bond acceptors (Lipinski definition) is 5. The van der Waals surface area contributed by atoms with E-state index in [-0.39, 0.29) is 12.2 Å². The summed E-state index contributed by atoms with van der Waals surface area (Å²) >= 11 is 7.20. The molecule has 6 heteroatoms. The number of carbonyl (C=O) groups excluding carboxylic acids is 1. The van der Waals surface area contributed by atoms with Crippen LogP contribution in [0.4, 0.5) is 5.13 Å². The van der Waals surface area contributed by atoms with Gasteiger partial charge in [-0.3, -0.25) is 4.79 Å². The summed E-state index contributed by atoms with van der Waals surface area (Å²) in [7, 11) is 1.51. The van der Waals surface area contributed by atoms with Crippen molar-refractivity contribution in [2.75, 3.05) is 12.8 Å². The van der Waals surface area contributed by atoms with Crippen LogP contribution in [0.2, 0.25) is 5.02 Å². The van der Waals surface area contributed by atoms with Crippen molar-refractivity contribution in [2.45, 2.75) is 6.42 Å². The van der Waals surface area contributed by atoms with Gasteiger partial charge in [0, 0.05) is 10.4 Å². The van der Waals surface area contributed by atoms with Crippen molar-refractivity contribution in [3.05, 3.63) is 39.9 Å². The summed E-state index contributed by atoms with van der Waals surface area (Å²) in [4.78, 5) is 16.2. The number of rotatable bonds is 4. The molecule has 0 saturated carbocycles. The summed E-state index contributed by atoms with van der Waals surface area (Å²) in [5.41, 5.74) is 6.64. The van der Waals surface area contributed by atoms with Gasteiger partial charge in [-0.2, -0.15) is 0 Å². The molecule has 1 aromatic heterocycles. The molecule has 0 bridgehead atoms. The summed E-state index contributed by atoms with van der Waals surface area (Å²) in [6.45, 7) is 0. The number of nitrogens with two attached hydrogens (primary N) is 1. The van der Waals surface area contributed by atoms with Crippen LogP contribution in [0.1, 0.15) is 16.1 Å². The summed E-state index contributed by atoms with van der Waals surface area (Å²) in [6, 6.07) is 4.95. The summed E-state index contributed by atoms with van der Waals surface area (Å²) < 4.78 is 5.14. The molecule has 1 heterocycles. The zero-order valence-electron chi connectivity index (χ0n) is 9.64. The minimum atomic E-state index is -0.0975. The lowest BCUT2D eigenvalue weighted by atomic mass is 10.1. The number of carbonyl (C=O) groups is 1. The average Bonchev–Trinajstić information content (AvgIpc) is 2.74. The van der Waals surface area contributed by atoms with Gasteiger partial charge in [0.25, 0.3) is 0 Å². The Morgan fingerprint density at radius 3 is 2.94 bits per heavy atom. The summed E-state index contributed by atoms with van der Waals surface area (Å²) in [6.07, 6.45) is 0.185. The second kappa shape index (κ2) is 5.37. The number of thiazole rings is 1. The van der Waals surface area contributed by atoms with Crippen molar-refractivity contribution in [1.82, 2.24) is 4.98 Å². The van der Waals surface area contributed by atoms with Crippen LogP contribution >= 0.6 is 22.9 Å².